The van der Waals surface area contributed by atoms with E-state index in [1.165, 1.54) is 0 Å². The fraction of sp³-hybridized carbons (Fsp3) is 0.333. The monoisotopic (exact) mass is 288 g/mol. The van der Waals surface area contributed by atoms with Gasteiger partial charge < -0.3 is 10.1 Å². The lowest BCUT2D eigenvalue weighted by Crippen LogP contribution is -2.19. The summed E-state index contributed by atoms with van der Waals surface area (Å²) in [6.45, 7) is 0.764. The number of hydrogen-bond donors (Lipinski definition) is 2. The highest BCUT2D eigenvalue weighted by atomic mass is 32.1. The van der Waals surface area contributed by atoms with Crippen LogP contribution in [0.3, 0.4) is 0 Å². The molecule has 0 radical (unpaired) electrons. The third-order valence-electron chi connectivity index (χ3n) is 3.41. The number of para-hydroxylation sites is 1. The van der Waals surface area contributed by atoms with Crippen molar-refractivity contribution in [2.45, 2.75) is 30.3 Å². The molecule has 0 bridgehead atoms. The predicted octanol–water partition coefficient (Wildman–Crippen LogP) is 3.03. The van der Waals surface area contributed by atoms with Crippen molar-refractivity contribution >= 4 is 35.1 Å². The smallest absolute Gasteiger partial charge is 0.227 e. The number of amides is 1. The number of carbonyl (C=O) groups is 1. The summed E-state index contributed by atoms with van der Waals surface area (Å²) in [7, 11) is 0. The molecule has 2 heterocycles. The lowest BCUT2D eigenvalue weighted by atomic mass is 10.1. The van der Waals surface area contributed by atoms with Crippen molar-refractivity contribution in [1.29, 1.82) is 0 Å². The first kappa shape index (κ1) is 13.4. The molecule has 1 aromatic carbocycles. The summed E-state index contributed by atoms with van der Waals surface area (Å²) >= 11 is 4.37. The van der Waals surface area contributed by atoms with Crippen LogP contribution in [0.2, 0.25) is 0 Å². The molecule has 1 N–H and O–H groups in total. The minimum atomic E-state index is -0.0277. The Morgan fingerprint density at radius 1 is 1.50 bits per heavy atom. The highest BCUT2D eigenvalue weighted by Crippen LogP contribution is 2.22. The van der Waals surface area contributed by atoms with Crippen molar-refractivity contribution < 1.29 is 9.53 Å². The largest absolute Gasteiger partial charge is 0.378 e. The van der Waals surface area contributed by atoms with E-state index in [0.29, 0.717) is 12.1 Å². The number of rotatable bonds is 3. The first-order chi connectivity index (χ1) is 9.72. The summed E-state index contributed by atoms with van der Waals surface area (Å²) in [6.07, 6.45) is 4.14. The second-order valence-electron chi connectivity index (χ2n) is 4.96. The Morgan fingerprint density at radius 3 is 3.20 bits per heavy atom. The van der Waals surface area contributed by atoms with Crippen molar-refractivity contribution in [2.24, 2.45) is 0 Å². The van der Waals surface area contributed by atoms with E-state index in [1.54, 1.807) is 6.20 Å². The molecule has 2 aromatic rings. The SMILES string of the molecule is O=C(CC1CCCO1)Nc1cnc2c(S)cccc2c1. The zero-order valence-corrected chi connectivity index (χ0v) is 11.9. The number of thiol groups is 1. The van der Waals surface area contributed by atoms with Gasteiger partial charge in [-0.15, -0.1) is 12.6 Å². The van der Waals surface area contributed by atoms with Crippen LogP contribution < -0.4 is 5.32 Å². The number of carbonyl (C=O) groups excluding carboxylic acids is 1. The summed E-state index contributed by atoms with van der Waals surface area (Å²) in [6, 6.07) is 7.69. The van der Waals surface area contributed by atoms with Gasteiger partial charge in [0, 0.05) is 16.9 Å². The van der Waals surface area contributed by atoms with Crippen LogP contribution in [0, 0.1) is 0 Å². The molecule has 1 saturated heterocycles. The normalized spacial score (nSPS) is 18.4. The molecule has 0 saturated carbocycles. The second kappa shape index (κ2) is 5.81. The van der Waals surface area contributed by atoms with E-state index >= 15 is 0 Å². The van der Waals surface area contributed by atoms with Gasteiger partial charge in [0.1, 0.15) is 0 Å². The quantitative estimate of drug-likeness (QED) is 0.854. The first-order valence-electron chi connectivity index (χ1n) is 6.71. The van der Waals surface area contributed by atoms with E-state index in [4.69, 9.17) is 4.74 Å². The van der Waals surface area contributed by atoms with Crippen LogP contribution in [0.1, 0.15) is 19.3 Å². The summed E-state index contributed by atoms with van der Waals surface area (Å²) in [5, 5.41) is 3.84. The molecule has 1 aromatic heterocycles. The third kappa shape index (κ3) is 2.94. The Kier molecular flexibility index (Phi) is 3.89. The number of nitrogens with zero attached hydrogens (tertiary/aromatic N) is 1. The van der Waals surface area contributed by atoms with Gasteiger partial charge in [0.25, 0.3) is 0 Å². The number of aromatic nitrogens is 1. The maximum absolute atomic E-state index is 11.9. The van der Waals surface area contributed by atoms with Crippen molar-refractivity contribution in [1.82, 2.24) is 4.98 Å². The van der Waals surface area contributed by atoms with Gasteiger partial charge in [-0.05, 0) is 25.0 Å². The molecular formula is C15H16N2O2S. The highest BCUT2D eigenvalue weighted by Gasteiger charge is 2.19. The van der Waals surface area contributed by atoms with Gasteiger partial charge in [0.15, 0.2) is 0 Å². The van der Waals surface area contributed by atoms with Crippen LogP contribution in [-0.2, 0) is 9.53 Å². The summed E-state index contributed by atoms with van der Waals surface area (Å²) in [5.74, 6) is -0.0277. The number of fused-ring (bicyclic) bond motifs is 1. The Bertz CT molecular complexity index is 639. The van der Waals surface area contributed by atoms with E-state index < -0.39 is 0 Å². The average Bonchev–Trinajstić information content (AvgIpc) is 2.91. The number of anilines is 1. The van der Waals surface area contributed by atoms with Crippen LogP contribution in [0.4, 0.5) is 5.69 Å². The molecule has 5 heteroatoms. The molecule has 0 aliphatic carbocycles. The second-order valence-corrected chi connectivity index (χ2v) is 5.44. The number of ether oxygens (including phenoxy) is 1. The Morgan fingerprint density at radius 2 is 2.40 bits per heavy atom. The predicted molar refractivity (Wildman–Crippen MR) is 81.2 cm³/mol. The van der Waals surface area contributed by atoms with Crippen molar-refractivity contribution in [3.63, 3.8) is 0 Å². The van der Waals surface area contributed by atoms with Gasteiger partial charge in [-0.25, -0.2) is 0 Å². The molecule has 0 spiro atoms. The van der Waals surface area contributed by atoms with Gasteiger partial charge in [0.2, 0.25) is 5.91 Å². The Balaban J connectivity index is 1.72. The van der Waals surface area contributed by atoms with Gasteiger partial charge in [-0.2, -0.15) is 0 Å². The molecule has 1 amide bonds. The van der Waals surface area contributed by atoms with Crippen LogP contribution in [0.5, 0.6) is 0 Å². The average molecular weight is 288 g/mol. The van der Waals surface area contributed by atoms with Gasteiger partial charge in [-0.3, -0.25) is 9.78 Å². The number of benzene rings is 1. The molecule has 104 valence electrons. The molecule has 1 fully saturated rings. The summed E-state index contributed by atoms with van der Waals surface area (Å²) in [5.41, 5.74) is 1.55. The number of pyridine rings is 1. The van der Waals surface area contributed by atoms with Crippen molar-refractivity contribution in [3.8, 4) is 0 Å². The molecule has 1 aliphatic heterocycles. The molecule has 20 heavy (non-hydrogen) atoms. The molecule has 1 unspecified atom stereocenters. The molecular weight excluding hydrogens is 272 g/mol. The fourth-order valence-electron chi connectivity index (χ4n) is 2.44. The van der Waals surface area contributed by atoms with Gasteiger partial charge in [-0.1, -0.05) is 12.1 Å². The van der Waals surface area contributed by atoms with E-state index in [-0.39, 0.29) is 12.0 Å². The van der Waals surface area contributed by atoms with E-state index in [1.807, 2.05) is 24.3 Å². The standard InChI is InChI=1S/C15H16N2O2S/c18-14(8-12-4-2-6-19-12)17-11-7-10-3-1-5-13(20)15(10)16-9-11/h1,3,5,7,9,12,20H,2,4,6,8H2,(H,17,18). The van der Waals surface area contributed by atoms with Crippen LogP contribution >= 0.6 is 12.6 Å². The molecule has 4 nitrogen and oxygen atoms in total. The van der Waals surface area contributed by atoms with Crippen LogP contribution in [0.25, 0.3) is 10.9 Å². The first-order valence-corrected chi connectivity index (χ1v) is 7.16. The summed E-state index contributed by atoms with van der Waals surface area (Å²) < 4.78 is 5.46. The van der Waals surface area contributed by atoms with Crippen LogP contribution in [-0.4, -0.2) is 23.6 Å². The number of nitrogens with one attached hydrogen (secondary N) is 1. The highest BCUT2D eigenvalue weighted by molar-refractivity contribution is 7.80. The third-order valence-corrected chi connectivity index (χ3v) is 3.77. The molecule has 1 aliphatic rings. The minimum Gasteiger partial charge on any atom is -0.378 e. The molecule has 1 atom stereocenters. The summed E-state index contributed by atoms with van der Waals surface area (Å²) in [4.78, 5) is 17.1. The maximum Gasteiger partial charge on any atom is 0.227 e. The number of hydrogen-bond acceptors (Lipinski definition) is 4. The van der Waals surface area contributed by atoms with Crippen LogP contribution in [0.15, 0.2) is 35.4 Å². The zero-order chi connectivity index (χ0) is 13.9. The van der Waals surface area contributed by atoms with Gasteiger partial charge in [0.05, 0.1) is 29.9 Å². The zero-order valence-electron chi connectivity index (χ0n) is 11.0. The Hall–Kier alpha value is -1.59. The van der Waals surface area contributed by atoms with E-state index in [2.05, 4.69) is 22.9 Å². The topological polar surface area (TPSA) is 51.2 Å². The van der Waals surface area contributed by atoms with Gasteiger partial charge >= 0.3 is 0 Å². The van der Waals surface area contributed by atoms with E-state index in [9.17, 15) is 4.79 Å². The van der Waals surface area contributed by atoms with Crippen molar-refractivity contribution in [2.75, 3.05) is 11.9 Å². The minimum absolute atomic E-state index is 0.0277. The lowest BCUT2D eigenvalue weighted by molar-refractivity contribution is -0.118. The maximum atomic E-state index is 11.9. The van der Waals surface area contributed by atoms with Crippen molar-refractivity contribution in [3.05, 3.63) is 30.5 Å². The lowest BCUT2D eigenvalue weighted by Gasteiger charge is -2.10. The fourth-order valence-corrected chi connectivity index (χ4v) is 2.71. The molecule has 3 rings (SSSR count). The Labute approximate surface area is 122 Å². The van der Waals surface area contributed by atoms with E-state index in [0.717, 1.165) is 35.2 Å².